The van der Waals surface area contributed by atoms with Gasteiger partial charge in [-0.25, -0.2) is 8.42 Å². The summed E-state index contributed by atoms with van der Waals surface area (Å²) in [5, 5.41) is 3.87. The van der Waals surface area contributed by atoms with E-state index in [9.17, 15) is 8.42 Å². The van der Waals surface area contributed by atoms with E-state index in [4.69, 9.17) is 4.52 Å². The zero-order valence-electron chi connectivity index (χ0n) is 12.7. The number of benzene rings is 1. The molecule has 0 N–H and O–H groups in total. The predicted octanol–water partition coefficient (Wildman–Crippen LogP) is 2.58. The first-order valence-electron chi connectivity index (χ1n) is 6.70. The van der Waals surface area contributed by atoms with Gasteiger partial charge in [0.05, 0.1) is 17.1 Å². The fraction of sp³-hybridized carbons (Fsp3) is 0.400. The summed E-state index contributed by atoms with van der Waals surface area (Å²) in [7, 11) is -1.16. The molecule has 0 fully saturated rings. The monoisotopic (exact) mass is 308 g/mol. The minimum Gasteiger partial charge on any atom is -0.360 e. The normalized spacial score (nSPS) is 13.6. The highest BCUT2D eigenvalue weighted by atomic mass is 32.2. The fourth-order valence-electron chi connectivity index (χ4n) is 2.12. The molecule has 0 aliphatic carbocycles. The molecule has 1 aromatic heterocycles. The van der Waals surface area contributed by atoms with Gasteiger partial charge in [0.1, 0.15) is 0 Å². The smallest absolute Gasteiger partial charge is 0.175 e. The van der Waals surface area contributed by atoms with Crippen molar-refractivity contribution in [3.8, 4) is 0 Å². The van der Waals surface area contributed by atoms with Gasteiger partial charge in [0, 0.05) is 18.4 Å². The molecular weight excluding hydrogens is 288 g/mol. The number of hydrogen-bond donors (Lipinski definition) is 0. The third kappa shape index (κ3) is 3.92. The zero-order chi connectivity index (χ0) is 15.6. The second-order valence-corrected chi connectivity index (χ2v) is 7.38. The maximum atomic E-state index is 11.5. The van der Waals surface area contributed by atoms with Crippen molar-refractivity contribution in [2.24, 2.45) is 0 Å². The Morgan fingerprint density at radius 2 is 1.90 bits per heavy atom. The van der Waals surface area contributed by atoms with E-state index >= 15 is 0 Å². The maximum absolute atomic E-state index is 11.5. The van der Waals surface area contributed by atoms with Crippen molar-refractivity contribution in [1.29, 1.82) is 0 Å². The van der Waals surface area contributed by atoms with Gasteiger partial charge in [-0.2, -0.15) is 0 Å². The first-order chi connectivity index (χ1) is 9.77. The average Bonchev–Trinajstić information content (AvgIpc) is 2.82. The summed E-state index contributed by atoms with van der Waals surface area (Å²) < 4.78 is 28.1. The Hall–Kier alpha value is -1.66. The van der Waals surface area contributed by atoms with E-state index in [0.717, 1.165) is 17.0 Å². The first-order valence-corrected chi connectivity index (χ1v) is 8.59. The van der Waals surface area contributed by atoms with E-state index < -0.39 is 9.84 Å². The molecule has 1 atom stereocenters. The number of sulfone groups is 1. The van der Waals surface area contributed by atoms with E-state index in [1.807, 2.05) is 32.2 Å². The Morgan fingerprint density at radius 1 is 1.29 bits per heavy atom. The quantitative estimate of drug-likeness (QED) is 0.849. The fourth-order valence-corrected chi connectivity index (χ4v) is 2.75. The Morgan fingerprint density at radius 3 is 2.38 bits per heavy atom. The average molecular weight is 308 g/mol. The van der Waals surface area contributed by atoms with Gasteiger partial charge in [0.2, 0.25) is 0 Å². The van der Waals surface area contributed by atoms with Crippen molar-refractivity contribution in [3.05, 3.63) is 47.3 Å². The second kappa shape index (κ2) is 5.99. The van der Waals surface area contributed by atoms with Gasteiger partial charge in [0.15, 0.2) is 15.6 Å². The molecule has 2 aromatic rings. The molecule has 0 saturated heterocycles. The molecule has 21 heavy (non-hydrogen) atoms. The van der Waals surface area contributed by atoms with Crippen LogP contribution < -0.4 is 0 Å². The molecule has 5 nitrogen and oxygen atoms in total. The summed E-state index contributed by atoms with van der Waals surface area (Å²) in [4.78, 5) is 2.46. The van der Waals surface area contributed by atoms with Crippen LogP contribution in [-0.4, -0.2) is 31.8 Å². The molecule has 0 radical (unpaired) electrons. The van der Waals surface area contributed by atoms with Gasteiger partial charge in [-0.05, 0) is 38.6 Å². The van der Waals surface area contributed by atoms with Crippen LogP contribution in [0.25, 0.3) is 0 Å². The van der Waals surface area contributed by atoms with E-state index in [-0.39, 0.29) is 6.04 Å². The van der Waals surface area contributed by atoms with Gasteiger partial charge in [-0.15, -0.1) is 0 Å². The summed E-state index contributed by atoms with van der Waals surface area (Å²) in [6, 6.07) is 9.05. The van der Waals surface area contributed by atoms with Gasteiger partial charge in [0.25, 0.3) is 0 Å². The van der Waals surface area contributed by atoms with Gasteiger partial charge < -0.3 is 4.52 Å². The number of aromatic nitrogens is 1. The third-order valence-electron chi connectivity index (χ3n) is 3.53. The summed E-state index contributed by atoms with van der Waals surface area (Å²) in [6.45, 7) is 4.61. The van der Waals surface area contributed by atoms with Crippen molar-refractivity contribution >= 4 is 9.84 Å². The summed E-state index contributed by atoms with van der Waals surface area (Å²) in [5.41, 5.74) is 1.92. The zero-order valence-corrected chi connectivity index (χ0v) is 13.5. The number of rotatable bonds is 5. The lowest BCUT2D eigenvalue weighted by Gasteiger charge is -2.24. The Bertz CT molecular complexity index is 705. The molecule has 114 valence electrons. The van der Waals surface area contributed by atoms with E-state index in [2.05, 4.69) is 17.0 Å². The van der Waals surface area contributed by atoms with Gasteiger partial charge >= 0.3 is 0 Å². The lowest BCUT2D eigenvalue weighted by atomic mass is 10.1. The van der Waals surface area contributed by atoms with Crippen LogP contribution in [0, 0.1) is 6.92 Å². The van der Waals surface area contributed by atoms with E-state index in [0.29, 0.717) is 11.4 Å². The summed E-state index contributed by atoms with van der Waals surface area (Å²) in [6.07, 6.45) is 1.21. The van der Waals surface area contributed by atoms with Crippen LogP contribution in [0.15, 0.2) is 39.8 Å². The Balaban J connectivity index is 2.10. The molecule has 0 aliphatic rings. The summed E-state index contributed by atoms with van der Waals surface area (Å²) in [5.74, 6) is 0.814. The van der Waals surface area contributed by atoms with Crippen LogP contribution in [0.2, 0.25) is 0 Å². The molecular formula is C15H20N2O3S. The van der Waals surface area contributed by atoms with E-state index in [1.165, 1.54) is 6.26 Å². The minimum atomic E-state index is -3.15. The Kier molecular flexibility index (Phi) is 4.49. The van der Waals surface area contributed by atoms with Crippen LogP contribution in [0.1, 0.15) is 30.0 Å². The van der Waals surface area contributed by atoms with Crippen molar-refractivity contribution in [1.82, 2.24) is 10.1 Å². The highest BCUT2D eigenvalue weighted by molar-refractivity contribution is 7.90. The first kappa shape index (κ1) is 15.7. The minimum absolute atomic E-state index is 0.143. The van der Waals surface area contributed by atoms with Crippen LogP contribution in [0.5, 0.6) is 0 Å². The van der Waals surface area contributed by atoms with Crippen molar-refractivity contribution in [2.75, 3.05) is 13.3 Å². The topological polar surface area (TPSA) is 63.4 Å². The lowest BCUT2D eigenvalue weighted by molar-refractivity contribution is 0.220. The van der Waals surface area contributed by atoms with Crippen LogP contribution >= 0.6 is 0 Å². The predicted molar refractivity (Wildman–Crippen MR) is 80.7 cm³/mol. The summed E-state index contributed by atoms with van der Waals surface area (Å²) >= 11 is 0. The molecule has 1 aromatic carbocycles. The molecule has 0 bridgehead atoms. The van der Waals surface area contributed by atoms with Gasteiger partial charge in [-0.3, -0.25) is 4.90 Å². The number of nitrogens with zero attached hydrogens (tertiary/aromatic N) is 2. The second-order valence-electron chi connectivity index (χ2n) is 5.37. The lowest BCUT2D eigenvalue weighted by Crippen LogP contribution is -2.21. The van der Waals surface area contributed by atoms with Crippen molar-refractivity contribution < 1.29 is 12.9 Å². The maximum Gasteiger partial charge on any atom is 0.175 e. The number of hydrogen-bond acceptors (Lipinski definition) is 5. The van der Waals surface area contributed by atoms with E-state index in [1.54, 1.807) is 12.1 Å². The molecule has 0 spiro atoms. The van der Waals surface area contributed by atoms with Crippen molar-refractivity contribution in [3.63, 3.8) is 0 Å². The van der Waals surface area contributed by atoms with Crippen LogP contribution in [0.3, 0.4) is 0 Å². The molecule has 0 saturated carbocycles. The SMILES string of the molecule is Cc1cc(CN(C)[C@H](C)c2ccc(S(C)(=O)=O)cc2)on1. The molecule has 0 amide bonds. The van der Waals surface area contributed by atoms with Crippen molar-refractivity contribution in [2.45, 2.75) is 31.3 Å². The highest BCUT2D eigenvalue weighted by Crippen LogP contribution is 2.22. The standard InChI is InChI=1S/C15H20N2O3S/c1-11-9-14(20-16-11)10-17(3)12(2)13-5-7-15(8-6-13)21(4,18)19/h5-9,12H,10H2,1-4H3/t12-/m1/s1. The molecule has 0 aliphatic heterocycles. The molecule has 1 heterocycles. The van der Waals surface area contributed by atoms with Gasteiger partial charge in [-0.1, -0.05) is 17.3 Å². The third-order valence-corrected chi connectivity index (χ3v) is 4.66. The van der Waals surface area contributed by atoms with Crippen LogP contribution in [0.4, 0.5) is 0 Å². The molecule has 6 heteroatoms. The largest absolute Gasteiger partial charge is 0.360 e. The molecule has 0 unspecified atom stereocenters. The van der Waals surface area contributed by atoms with Crippen LogP contribution in [-0.2, 0) is 16.4 Å². The Labute approximate surface area is 125 Å². The highest BCUT2D eigenvalue weighted by Gasteiger charge is 2.15. The number of aryl methyl sites for hydroxylation is 1. The molecule has 2 rings (SSSR count).